The van der Waals surface area contributed by atoms with Gasteiger partial charge in [-0.15, -0.1) is 0 Å². The number of rotatable bonds is 6. The van der Waals surface area contributed by atoms with Crippen LogP contribution in [0.1, 0.15) is 28.7 Å². The Morgan fingerprint density at radius 1 is 0.969 bits per heavy atom. The number of aliphatic hydroxyl groups excluding tert-OH is 2. The van der Waals surface area contributed by atoms with Crippen molar-refractivity contribution in [3.63, 3.8) is 0 Å². The van der Waals surface area contributed by atoms with Gasteiger partial charge in [-0.05, 0) is 71.8 Å². The number of aromatic hydroxyl groups is 1. The van der Waals surface area contributed by atoms with E-state index in [0.29, 0.717) is 14.5 Å². The number of carbonyl (C=O) groups is 1. The largest absolute Gasteiger partial charge is 0.506 e. The lowest BCUT2D eigenvalue weighted by Crippen LogP contribution is -2.36. The van der Waals surface area contributed by atoms with E-state index in [1.54, 1.807) is 0 Å². The van der Waals surface area contributed by atoms with Crippen molar-refractivity contribution < 1.29 is 24.9 Å². The van der Waals surface area contributed by atoms with Gasteiger partial charge in [0.1, 0.15) is 24.6 Å². The molecule has 0 fully saturated rings. The number of phenols is 1. The number of hydrogen-bond acceptors (Lipinski definition) is 5. The number of hydrogen-bond donors (Lipinski definition) is 4. The Morgan fingerprint density at radius 2 is 1.50 bits per heavy atom. The Labute approximate surface area is 202 Å². The van der Waals surface area contributed by atoms with Gasteiger partial charge in [0.05, 0.1) is 8.95 Å². The van der Waals surface area contributed by atoms with E-state index in [-0.39, 0.29) is 24.8 Å². The molecule has 0 saturated carbocycles. The fourth-order valence-electron chi connectivity index (χ4n) is 3.93. The maximum Gasteiger partial charge on any atom is 0.407 e. The lowest BCUT2D eigenvalue weighted by atomic mass is 9.98. The number of aliphatic hydroxyl groups is 2. The Hall–Kier alpha value is -2.39. The van der Waals surface area contributed by atoms with E-state index in [1.165, 1.54) is 12.1 Å². The SMILES string of the molecule is O=C(NCC(O)C(O)c1cc(Br)c(O)c(Br)c1)OCC1c2ccccc2-c2ccccc21. The summed E-state index contributed by atoms with van der Waals surface area (Å²) in [6.45, 7) is -0.0374. The first kappa shape index (κ1) is 22.8. The predicted octanol–water partition coefficient (Wildman–Crippen LogP) is 4.85. The topological polar surface area (TPSA) is 99.0 Å². The summed E-state index contributed by atoms with van der Waals surface area (Å²) < 4.78 is 6.18. The minimum absolute atomic E-state index is 0.00722. The first-order chi connectivity index (χ1) is 15.4. The van der Waals surface area contributed by atoms with Crippen LogP contribution in [0.5, 0.6) is 5.75 Å². The number of phenolic OH excluding ortho intramolecular Hbond substituents is 1. The molecule has 0 aliphatic heterocycles. The summed E-state index contributed by atoms with van der Waals surface area (Å²) in [5.41, 5.74) is 4.88. The predicted molar refractivity (Wildman–Crippen MR) is 128 cm³/mol. The number of alkyl carbamates (subject to hydrolysis) is 1. The van der Waals surface area contributed by atoms with Crippen molar-refractivity contribution in [1.82, 2.24) is 5.32 Å². The summed E-state index contributed by atoms with van der Waals surface area (Å²) in [7, 11) is 0. The fraction of sp³-hybridized carbons (Fsp3) is 0.208. The maximum atomic E-state index is 12.3. The Balaban J connectivity index is 1.35. The Kier molecular flexibility index (Phi) is 6.85. The van der Waals surface area contributed by atoms with Crippen LogP contribution in [0.15, 0.2) is 69.6 Å². The lowest BCUT2D eigenvalue weighted by Gasteiger charge is -2.20. The zero-order chi connectivity index (χ0) is 22.8. The molecule has 3 aromatic rings. The molecule has 32 heavy (non-hydrogen) atoms. The van der Waals surface area contributed by atoms with Crippen LogP contribution in [0.3, 0.4) is 0 Å². The zero-order valence-electron chi connectivity index (χ0n) is 16.8. The number of nitrogens with one attached hydrogen (secondary N) is 1. The normalized spacial score (nSPS) is 14.4. The third kappa shape index (κ3) is 4.54. The molecule has 0 spiro atoms. The molecule has 0 radical (unpaired) electrons. The average molecular weight is 563 g/mol. The molecule has 166 valence electrons. The van der Waals surface area contributed by atoms with E-state index in [4.69, 9.17) is 4.74 Å². The summed E-state index contributed by atoms with van der Waals surface area (Å²) in [6.07, 6.45) is -3.21. The molecule has 8 heteroatoms. The van der Waals surface area contributed by atoms with E-state index < -0.39 is 18.3 Å². The quantitative estimate of drug-likeness (QED) is 0.344. The molecule has 0 saturated heterocycles. The molecule has 3 aromatic carbocycles. The number of halogens is 2. The molecule has 0 heterocycles. The van der Waals surface area contributed by atoms with Crippen LogP contribution in [0, 0.1) is 0 Å². The van der Waals surface area contributed by atoms with Gasteiger partial charge in [0, 0.05) is 12.5 Å². The molecule has 1 aliphatic rings. The highest BCUT2D eigenvalue weighted by Gasteiger charge is 2.29. The molecule has 6 nitrogen and oxygen atoms in total. The third-order valence-corrected chi connectivity index (χ3v) is 6.75. The second kappa shape index (κ2) is 9.62. The summed E-state index contributed by atoms with van der Waals surface area (Å²) in [4.78, 5) is 12.3. The van der Waals surface area contributed by atoms with Crippen molar-refractivity contribution in [1.29, 1.82) is 0 Å². The molecule has 1 amide bonds. The lowest BCUT2D eigenvalue weighted by molar-refractivity contribution is 0.0184. The molecule has 2 unspecified atom stereocenters. The minimum atomic E-state index is -1.27. The van der Waals surface area contributed by atoms with Crippen molar-refractivity contribution in [3.8, 4) is 16.9 Å². The van der Waals surface area contributed by atoms with Crippen LogP contribution in [0.4, 0.5) is 4.79 Å². The van der Waals surface area contributed by atoms with Gasteiger partial charge in [0.25, 0.3) is 0 Å². The molecule has 1 aliphatic carbocycles. The highest BCUT2D eigenvalue weighted by molar-refractivity contribution is 9.11. The van der Waals surface area contributed by atoms with E-state index >= 15 is 0 Å². The van der Waals surface area contributed by atoms with Crippen LogP contribution < -0.4 is 5.32 Å². The first-order valence-electron chi connectivity index (χ1n) is 9.99. The molecule has 4 N–H and O–H groups in total. The summed E-state index contributed by atoms with van der Waals surface area (Å²) in [6, 6.07) is 19.1. The Bertz CT molecular complexity index is 1080. The molecule has 4 rings (SSSR count). The zero-order valence-corrected chi connectivity index (χ0v) is 20.0. The number of benzene rings is 3. The minimum Gasteiger partial charge on any atom is -0.506 e. The highest BCUT2D eigenvalue weighted by Crippen LogP contribution is 2.44. The smallest absolute Gasteiger partial charge is 0.407 e. The molecule has 2 atom stereocenters. The third-order valence-electron chi connectivity index (χ3n) is 5.54. The van der Waals surface area contributed by atoms with Crippen LogP contribution in [-0.4, -0.2) is 40.7 Å². The van der Waals surface area contributed by atoms with Crippen LogP contribution in [0.2, 0.25) is 0 Å². The van der Waals surface area contributed by atoms with E-state index in [0.717, 1.165) is 22.3 Å². The standard InChI is InChI=1S/C24H21Br2NO5/c25-19-9-13(10-20(26)23(19)30)22(29)21(28)11-27-24(31)32-12-18-16-7-3-1-5-14(16)15-6-2-4-8-17(15)18/h1-10,18,21-22,28-30H,11-12H2,(H,27,31). The number of amides is 1. The Morgan fingerprint density at radius 3 is 2.06 bits per heavy atom. The van der Waals surface area contributed by atoms with Crippen molar-refractivity contribution in [2.45, 2.75) is 18.1 Å². The second-order valence-corrected chi connectivity index (χ2v) is 9.26. The summed E-state index contributed by atoms with van der Waals surface area (Å²) in [5, 5.41) is 33.0. The number of ether oxygens (including phenoxy) is 1. The van der Waals surface area contributed by atoms with Crippen molar-refractivity contribution in [2.24, 2.45) is 0 Å². The van der Waals surface area contributed by atoms with Gasteiger partial charge in [0.2, 0.25) is 0 Å². The average Bonchev–Trinajstić information content (AvgIpc) is 3.12. The number of fused-ring (bicyclic) bond motifs is 3. The highest BCUT2D eigenvalue weighted by atomic mass is 79.9. The van der Waals surface area contributed by atoms with Crippen LogP contribution in [-0.2, 0) is 4.74 Å². The van der Waals surface area contributed by atoms with E-state index in [1.807, 2.05) is 36.4 Å². The van der Waals surface area contributed by atoms with Gasteiger partial charge in [0.15, 0.2) is 0 Å². The van der Waals surface area contributed by atoms with Gasteiger partial charge in [-0.25, -0.2) is 4.79 Å². The van der Waals surface area contributed by atoms with Crippen LogP contribution >= 0.6 is 31.9 Å². The second-order valence-electron chi connectivity index (χ2n) is 7.55. The molecular weight excluding hydrogens is 542 g/mol. The van der Waals surface area contributed by atoms with Crippen LogP contribution in [0.25, 0.3) is 11.1 Å². The summed E-state index contributed by atoms with van der Waals surface area (Å²) >= 11 is 6.38. The fourth-order valence-corrected chi connectivity index (χ4v) is 5.15. The van der Waals surface area contributed by atoms with Gasteiger partial charge in [-0.3, -0.25) is 0 Å². The number of carbonyl (C=O) groups excluding carboxylic acids is 1. The van der Waals surface area contributed by atoms with Gasteiger partial charge < -0.3 is 25.4 Å². The van der Waals surface area contributed by atoms with E-state index in [9.17, 15) is 20.1 Å². The van der Waals surface area contributed by atoms with Gasteiger partial charge in [-0.1, -0.05) is 48.5 Å². The monoisotopic (exact) mass is 561 g/mol. The van der Waals surface area contributed by atoms with Crippen molar-refractivity contribution >= 4 is 38.0 Å². The van der Waals surface area contributed by atoms with Crippen molar-refractivity contribution in [2.75, 3.05) is 13.2 Å². The summed E-state index contributed by atoms with van der Waals surface area (Å²) in [5.74, 6) is -0.0671. The van der Waals surface area contributed by atoms with Gasteiger partial charge >= 0.3 is 6.09 Å². The van der Waals surface area contributed by atoms with Crippen molar-refractivity contribution in [3.05, 3.63) is 86.3 Å². The first-order valence-corrected chi connectivity index (χ1v) is 11.6. The van der Waals surface area contributed by atoms with Gasteiger partial charge in [-0.2, -0.15) is 0 Å². The molecule has 0 bridgehead atoms. The van der Waals surface area contributed by atoms with E-state index in [2.05, 4.69) is 49.3 Å². The molecule has 0 aromatic heterocycles. The molecular formula is C24H21Br2NO5. The maximum absolute atomic E-state index is 12.3.